The zero-order valence-corrected chi connectivity index (χ0v) is 8.29. The van der Waals surface area contributed by atoms with E-state index >= 15 is 0 Å². The summed E-state index contributed by atoms with van der Waals surface area (Å²) in [5, 5.41) is 3.55. The minimum Gasteiger partial charge on any atom is -0.347 e. The Morgan fingerprint density at radius 1 is 1.50 bits per heavy atom. The van der Waals surface area contributed by atoms with Crippen LogP contribution >= 0.6 is 0 Å². The van der Waals surface area contributed by atoms with Crippen LogP contribution in [-0.2, 0) is 13.0 Å². The number of H-pyrrole nitrogens is 1. The van der Waals surface area contributed by atoms with Crippen LogP contribution in [-0.4, -0.2) is 40.5 Å². The van der Waals surface area contributed by atoms with Crippen molar-refractivity contribution in [1.82, 2.24) is 20.2 Å². The van der Waals surface area contributed by atoms with E-state index in [2.05, 4.69) is 20.2 Å². The van der Waals surface area contributed by atoms with Gasteiger partial charge >= 0.3 is 0 Å². The van der Waals surface area contributed by atoms with Crippen LogP contribution in [0, 0.1) is 0 Å². The maximum atomic E-state index is 4.34. The van der Waals surface area contributed by atoms with Gasteiger partial charge in [0.1, 0.15) is 0 Å². The van der Waals surface area contributed by atoms with Crippen LogP contribution in [0.4, 0.5) is 0 Å². The average Bonchev–Trinajstić information content (AvgIpc) is 2.58. The maximum Gasteiger partial charge on any atom is 0.0925 e. The van der Waals surface area contributed by atoms with Gasteiger partial charge in [-0.15, -0.1) is 0 Å². The minimum absolute atomic E-state index is 0.603. The molecule has 0 amide bonds. The third-order valence-corrected chi connectivity index (χ3v) is 3.24. The third kappa shape index (κ3) is 1.44. The van der Waals surface area contributed by atoms with E-state index in [4.69, 9.17) is 0 Å². The van der Waals surface area contributed by atoms with Gasteiger partial charge in [0.25, 0.3) is 0 Å². The first-order valence-corrected chi connectivity index (χ1v) is 5.38. The summed E-state index contributed by atoms with van der Waals surface area (Å²) in [7, 11) is 0. The molecule has 2 N–H and O–H groups in total. The average molecular weight is 192 g/mol. The highest BCUT2D eigenvalue weighted by atomic mass is 15.2. The van der Waals surface area contributed by atoms with Crippen molar-refractivity contribution in [3.05, 3.63) is 17.7 Å². The number of likely N-dealkylation sites (tertiary alicyclic amines) is 1. The quantitative estimate of drug-likeness (QED) is 0.700. The minimum atomic E-state index is 0.603. The number of imidazole rings is 1. The van der Waals surface area contributed by atoms with Gasteiger partial charge in [-0.1, -0.05) is 0 Å². The summed E-state index contributed by atoms with van der Waals surface area (Å²) in [6.45, 7) is 4.71. The second-order valence-electron chi connectivity index (χ2n) is 4.26. The highest BCUT2D eigenvalue weighted by Crippen LogP contribution is 2.14. The van der Waals surface area contributed by atoms with E-state index in [1.807, 2.05) is 0 Å². The van der Waals surface area contributed by atoms with E-state index in [9.17, 15) is 0 Å². The first kappa shape index (κ1) is 8.44. The molecule has 1 fully saturated rings. The Morgan fingerprint density at radius 2 is 2.43 bits per heavy atom. The smallest absolute Gasteiger partial charge is 0.0925 e. The molecular weight excluding hydrogens is 176 g/mol. The van der Waals surface area contributed by atoms with Crippen LogP contribution in [0.2, 0.25) is 0 Å². The number of nitrogens with zero attached hydrogens (tertiary/aromatic N) is 2. The molecule has 2 aliphatic heterocycles. The van der Waals surface area contributed by atoms with Crippen LogP contribution in [0.5, 0.6) is 0 Å². The Balaban J connectivity index is 1.63. The molecule has 4 heteroatoms. The highest BCUT2D eigenvalue weighted by Gasteiger charge is 2.23. The van der Waals surface area contributed by atoms with Crippen molar-refractivity contribution in [2.75, 3.05) is 19.6 Å². The molecule has 3 rings (SSSR count). The molecule has 1 aromatic heterocycles. The molecule has 0 bridgehead atoms. The van der Waals surface area contributed by atoms with Gasteiger partial charge < -0.3 is 15.2 Å². The predicted molar refractivity (Wildman–Crippen MR) is 54.0 cm³/mol. The molecule has 1 unspecified atom stereocenters. The highest BCUT2D eigenvalue weighted by molar-refractivity contribution is 5.16. The Bertz CT molecular complexity index is 316. The fourth-order valence-electron chi connectivity index (χ4n) is 2.24. The molecule has 2 aliphatic rings. The molecule has 1 saturated heterocycles. The molecule has 14 heavy (non-hydrogen) atoms. The van der Waals surface area contributed by atoms with E-state index < -0.39 is 0 Å². The van der Waals surface area contributed by atoms with E-state index in [0.29, 0.717) is 6.04 Å². The molecule has 76 valence electrons. The van der Waals surface area contributed by atoms with Gasteiger partial charge in [0.15, 0.2) is 0 Å². The fourth-order valence-corrected chi connectivity index (χ4v) is 2.24. The monoisotopic (exact) mass is 192 g/mol. The Morgan fingerprint density at radius 3 is 3.21 bits per heavy atom. The lowest BCUT2D eigenvalue weighted by Crippen LogP contribution is -2.49. The van der Waals surface area contributed by atoms with E-state index in [-0.39, 0.29) is 0 Å². The van der Waals surface area contributed by atoms with Crippen molar-refractivity contribution in [3.63, 3.8) is 0 Å². The van der Waals surface area contributed by atoms with Crippen molar-refractivity contribution >= 4 is 0 Å². The summed E-state index contributed by atoms with van der Waals surface area (Å²) in [6.07, 6.45) is 4.26. The summed E-state index contributed by atoms with van der Waals surface area (Å²) in [5.74, 6) is 0. The summed E-state index contributed by atoms with van der Waals surface area (Å²) < 4.78 is 0. The number of hydrogen-bond donors (Lipinski definition) is 2. The van der Waals surface area contributed by atoms with Gasteiger partial charge in [0.05, 0.1) is 17.7 Å². The number of aromatic amines is 1. The Hall–Kier alpha value is -0.870. The molecule has 0 spiro atoms. The maximum absolute atomic E-state index is 4.34. The zero-order valence-electron chi connectivity index (χ0n) is 8.29. The lowest BCUT2D eigenvalue weighted by atomic mass is 10.0. The SMILES string of the molecule is c1nc2c([nH]1)CNC(CN1CCC1)C2. The van der Waals surface area contributed by atoms with Crippen LogP contribution in [0.25, 0.3) is 0 Å². The second-order valence-corrected chi connectivity index (χ2v) is 4.26. The van der Waals surface area contributed by atoms with Gasteiger partial charge in [0.2, 0.25) is 0 Å². The molecule has 0 aromatic carbocycles. The van der Waals surface area contributed by atoms with Crippen LogP contribution in [0.3, 0.4) is 0 Å². The van der Waals surface area contributed by atoms with Crippen molar-refractivity contribution in [1.29, 1.82) is 0 Å². The van der Waals surface area contributed by atoms with Crippen molar-refractivity contribution < 1.29 is 0 Å². The van der Waals surface area contributed by atoms with Crippen molar-refractivity contribution in [2.45, 2.75) is 25.4 Å². The van der Waals surface area contributed by atoms with Crippen molar-refractivity contribution in [3.8, 4) is 0 Å². The largest absolute Gasteiger partial charge is 0.347 e. The number of nitrogens with one attached hydrogen (secondary N) is 2. The molecule has 3 heterocycles. The van der Waals surface area contributed by atoms with E-state index in [0.717, 1.165) is 13.0 Å². The van der Waals surface area contributed by atoms with Gasteiger partial charge in [0, 0.05) is 25.6 Å². The zero-order chi connectivity index (χ0) is 9.38. The first-order chi connectivity index (χ1) is 6.92. The van der Waals surface area contributed by atoms with Gasteiger partial charge in [-0.3, -0.25) is 0 Å². The molecule has 0 radical (unpaired) electrons. The Kier molecular flexibility index (Phi) is 2.03. The standard InChI is InChI=1S/C10H16N4/c1-2-14(3-1)6-8-4-9-10(5-11-8)13-7-12-9/h7-8,11H,1-6H2,(H,12,13). The van der Waals surface area contributed by atoms with E-state index in [1.54, 1.807) is 6.33 Å². The van der Waals surface area contributed by atoms with E-state index in [1.165, 1.54) is 37.4 Å². The van der Waals surface area contributed by atoms with Crippen molar-refractivity contribution in [2.24, 2.45) is 0 Å². The molecule has 1 aromatic rings. The lowest BCUT2D eigenvalue weighted by molar-refractivity contribution is 0.158. The number of aromatic nitrogens is 2. The molecular formula is C10H16N4. The summed E-state index contributed by atoms with van der Waals surface area (Å²) >= 11 is 0. The Labute approximate surface area is 83.7 Å². The predicted octanol–water partition coefficient (Wildman–Crippen LogP) is 0.130. The number of rotatable bonds is 2. The molecule has 0 saturated carbocycles. The normalized spacial score (nSPS) is 27.0. The molecule has 4 nitrogen and oxygen atoms in total. The topological polar surface area (TPSA) is 44.0 Å². The summed E-state index contributed by atoms with van der Waals surface area (Å²) in [4.78, 5) is 10.0. The second kappa shape index (κ2) is 3.37. The van der Waals surface area contributed by atoms with Gasteiger partial charge in [-0.2, -0.15) is 0 Å². The molecule has 1 atom stereocenters. The fraction of sp³-hybridized carbons (Fsp3) is 0.700. The molecule has 0 aliphatic carbocycles. The van der Waals surface area contributed by atoms with Gasteiger partial charge in [-0.05, 0) is 19.5 Å². The lowest BCUT2D eigenvalue weighted by Gasteiger charge is -2.35. The number of hydrogen-bond acceptors (Lipinski definition) is 3. The van der Waals surface area contributed by atoms with Crippen LogP contribution in [0.15, 0.2) is 6.33 Å². The third-order valence-electron chi connectivity index (χ3n) is 3.24. The van der Waals surface area contributed by atoms with Gasteiger partial charge in [-0.25, -0.2) is 4.98 Å². The number of fused-ring (bicyclic) bond motifs is 1. The van der Waals surface area contributed by atoms with Crippen LogP contribution in [0.1, 0.15) is 17.8 Å². The summed E-state index contributed by atoms with van der Waals surface area (Å²) in [5.41, 5.74) is 2.53. The van der Waals surface area contributed by atoms with Crippen LogP contribution < -0.4 is 5.32 Å². The first-order valence-electron chi connectivity index (χ1n) is 5.38. The summed E-state index contributed by atoms with van der Waals surface area (Å²) in [6, 6.07) is 0.603.